The van der Waals surface area contributed by atoms with E-state index in [0.29, 0.717) is 32.4 Å². The van der Waals surface area contributed by atoms with Gasteiger partial charge >= 0.3 is 12.1 Å². The van der Waals surface area contributed by atoms with Crippen LogP contribution in [0.5, 0.6) is 0 Å². The topological polar surface area (TPSA) is 90.4 Å². The molecule has 3 atom stereocenters. The zero-order valence-electron chi connectivity index (χ0n) is 17.9. The Morgan fingerprint density at radius 2 is 1.66 bits per heavy atom. The highest BCUT2D eigenvalue weighted by Gasteiger charge is 2.51. The largest absolute Gasteiger partial charge is 0.490 e. The van der Waals surface area contributed by atoms with E-state index in [4.69, 9.17) is 14.6 Å². The quantitative estimate of drug-likeness (QED) is 0.630. The number of carboxylic acids is 1. The Bertz CT molecular complexity index is 709. The molecule has 3 saturated heterocycles. The Balaban J connectivity index is 0.000000360. The summed E-state index contributed by atoms with van der Waals surface area (Å²) in [6.07, 6.45) is -2.41. The normalized spacial score (nSPS) is 29.6. The molecule has 1 aliphatic carbocycles. The average molecular weight is 467 g/mol. The first-order chi connectivity index (χ1) is 14.9. The van der Waals surface area contributed by atoms with Gasteiger partial charge in [0.1, 0.15) is 0 Å². The fourth-order valence-corrected chi connectivity index (χ4v) is 4.52. The highest BCUT2D eigenvalue weighted by molar-refractivity contribution is 5.86. The highest BCUT2D eigenvalue weighted by atomic mass is 19.4. The van der Waals surface area contributed by atoms with Crippen LogP contribution in [0, 0.1) is 5.92 Å². The fourth-order valence-electron chi connectivity index (χ4n) is 4.52. The third-order valence-electron chi connectivity index (χ3n) is 6.63. The Morgan fingerprint density at radius 1 is 1.06 bits per heavy atom. The van der Waals surface area contributed by atoms with Gasteiger partial charge in [-0.15, -0.1) is 0 Å². The Hall–Kier alpha value is -1.95. The van der Waals surface area contributed by atoms with Crippen molar-refractivity contribution in [3.05, 3.63) is 0 Å². The summed E-state index contributed by atoms with van der Waals surface area (Å²) in [5, 5.41) is 7.12. The molecule has 0 unspecified atom stereocenters. The number of hydrogen-bond acceptors (Lipinski definition) is 5. The number of likely N-dealkylation sites (N-methyl/N-ethyl adjacent to an activating group) is 1. The van der Waals surface area contributed by atoms with Crippen molar-refractivity contribution in [2.45, 2.75) is 56.2 Å². The first kappa shape index (κ1) is 24.7. The van der Waals surface area contributed by atoms with Crippen molar-refractivity contribution in [3.8, 4) is 0 Å². The van der Waals surface area contributed by atoms with Gasteiger partial charge in [0.2, 0.25) is 5.91 Å². The smallest absolute Gasteiger partial charge is 0.475 e. The van der Waals surface area contributed by atoms with E-state index in [2.05, 4.69) is 11.9 Å². The summed E-state index contributed by atoms with van der Waals surface area (Å²) in [7, 11) is 2.07. The lowest BCUT2D eigenvalue weighted by Crippen LogP contribution is -2.50. The summed E-state index contributed by atoms with van der Waals surface area (Å²) in [5.74, 6) is -2.68. The van der Waals surface area contributed by atoms with E-state index in [1.165, 1.54) is 0 Å². The van der Waals surface area contributed by atoms with Crippen LogP contribution in [0.3, 0.4) is 0 Å². The van der Waals surface area contributed by atoms with Crippen molar-refractivity contribution >= 4 is 17.8 Å². The maximum Gasteiger partial charge on any atom is 0.490 e. The second-order valence-corrected chi connectivity index (χ2v) is 9.01. The maximum absolute atomic E-state index is 14.3. The Kier molecular flexibility index (Phi) is 7.33. The number of fused-ring (bicyclic) bond motifs is 1. The molecule has 0 aromatic heterocycles. The van der Waals surface area contributed by atoms with Crippen LogP contribution in [0.1, 0.15) is 32.1 Å². The van der Waals surface area contributed by atoms with Crippen LogP contribution in [0.15, 0.2) is 0 Å². The van der Waals surface area contributed by atoms with E-state index in [1.807, 2.05) is 4.90 Å². The summed E-state index contributed by atoms with van der Waals surface area (Å²) in [6, 6.07) is 0. The van der Waals surface area contributed by atoms with Crippen molar-refractivity contribution in [1.82, 2.24) is 14.7 Å². The summed E-state index contributed by atoms with van der Waals surface area (Å²) < 4.78 is 52.1. The molecular weight excluding hydrogens is 438 g/mol. The number of carboxylic acid groups (broad SMARTS) is 1. The molecule has 32 heavy (non-hydrogen) atoms. The minimum Gasteiger partial charge on any atom is -0.475 e. The molecule has 0 spiro atoms. The Morgan fingerprint density at radius 3 is 2.12 bits per heavy atom. The Labute approximate surface area is 183 Å². The summed E-state index contributed by atoms with van der Waals surface area (Å²) in [6.45, 7) is 4.48. The lowest BCUT2D eigenvalue weighted by Gasteiger charge is -2.36. The summed E-state index contributed by atoms with van der Waals surface area (Å²) >= 11 is 0. The molecule has 3 heterocycles. The second kappa shape index (κ2) is 9.50. The molecule has 0 aromatic carbocycles. The third-order valence-corrected chi connectivity index (χ3v) is 6.63. The van der Waals surface area contributed by atoms with E-state index in [9.17, 15) is 27.2 Å². The molecule has 0 aromatic rings. The number of likely N-dealkylation sites (tertiary alicyclic amines) is 1. The predicted molar refractivity (Wildman–Crippen MR) is 103 cm³/mol. The van der Waals surface area contributed by atoms with Gasteiger partial charge in [-0.1, -0.05) is 0 Å². The zero-order valence-corrected chi connectivity index (χ0v) is 17.9. The van der Waals surface area contributed by atoms with E-state index in [-0.39, 0.29) is 29.9 Å². The van der Waals surface area contributed by atoms with Gasteiger partial charge in [0.25, 0.3) is 5.91 Å². The molecule has 3 aliphatic heterocycles. The minimum atomic E-state index is -5.08. The van der Waals surface area contributed by atoms with Gasteiger partial charge in [-0.25, -0.2) is 9.18 Å². The van der Waals surface area contributed by atoms with Crippen LogP contribution in [0.4, 0.5) is 17.6 Å². The minimum absolute atomic E-state index is 0.0297. The fraction of sp³-hybridized carbons (Fsp3) is 0.850. The van der Waals surface area contributed by atoms with Crippen molar-refractivity contribution in [3.63, 3.8) is 0 Å². The molecule has 4 fully saturated rings. The molecule has 0 radical (unpaired) electrons. The molecule has 12 heteroatoms. The first-order valence-corrected chi connectivity index (χ1v) is 10.8. The number of aliphatic carboxylic acids is 1. The van der Waals surface area contributed by atoms with Crippen LogP contribution in [0.2, 0.25) is 0 Å². The van der Waals surface area contributed by atoms with Crippen molar-refractivity contribution in [2.75, 3.05) is 46.3 Å². The predicted octanol–water partition coefficient (Wildman–Crippen LogP) is 1.29. The number of nitrogens with zero attached hydrogens (tertiary/aromatic N) is 3. The average Bonchev–Trinajstić information content (AvgIpc) is 3.24. The standard InChI is InChI=1S/C18H28FN3O3.C2HF3O2/c1-20-5-7-21(8-6-20)16(23)10-14-9-13-11-22(12-15(13)25-14)17(24)18(19)3-2-4-18;3-2(4,5)1(6)7/h13-15H,2-12H2,1H3;(H,6,7)/t13-,14-,15+;/m0./s1. The van der Waals surface area contributed by atoms with Gasteiger partial charge < -0.3 is 24.5 Å². The zero-order chi connectivity index (χ0) is 23.7. The number of carbonyl (C=O) groups is 3. The lowest BCUT2D eigenvalue weighted by molar-refractivity contribution is -0.192. The van der Waals surface area contributed by atoms with Crippen LogP contribution in [-0.4, -0.2) is 108 Å². The molecule has 1 saturated carbocycles. The molecule has 8 nitrogen and oxygen atoms in total. The van der Waals surface area contributed by atoms with Gasteiger partial charge in [-0.05, 0) is 32.7 Å². The van der Waals surface area contributed by atoms with Crippen molar-refractivity contribution in [2.24, 2.45) is 5.92 Å². The highest BCUT2D eigenvalue weighted by Crippen LogP contribution is 2.41. The van der Waals surface area contributed by atoms with Crippen LogP contribution < -0.4 is 0 Å². The molecule has 4 rings (SSSR count). The van der Waals surface area contributed by atoms with Crippen LogP contribution in [0.25, 0.3) is 0 Å². The molecular formula is C20H29F4N3O5. The summed E-state index contributed by atoms with van der Waals surface area (Å²) in [5.41, 5.74) is -1.62. The molecule has 1 N–H and O–H groups in total. The van der Waals surface area contributed by atoms with Crippen LogP contribution >= 0.6 is 0 Å². The van der Waals surface area contributed by atoms with Gasteiger partial charge in [-0.2, -0.15) is 13.2 Å². The monoisotopic (exact) mass is 467 g/mol. The molecule has 182 valence electrons. The second-order valence-electron chi connectivity index (χ2n) is 9.01. The van der Waals surface area contributed by atoms with E-state index >= 15 is 0 Å². The number of rotatable bonds is 3. The van der Waals surface area contributed by atoms with E-state index in [1.54, 1.807) is 4.90 Å². The number of carbonyl (C=O) groups excluding carboxylic acids is 2. The van der Waals surface area contributed by atoms with E-state index < -0.39 is 17.8 Å². The van der Waals surface area contributed by atoms with E-state index in [0.717, 1.165) is 39.0 Å². The van der Waals surface area contributed by atoms with Crippen molar-refractivity contribution in [1.29, 1.82) is 0 Å². The number of halogens is 4. The van der Waals surface area contributed by atoms with Gasteiger partial charge in [-0.3, -0.25) is 9.59 Å². The van der Waals surface area contributed by atoms with Crippen LogP contribution in [-0.2, 0) is 19.1 Å². The molecule has 0 bridgehead atoms. The van der Waals surface area contributed by atoms with Gasteiger partial charge in [0.05, 0.1) is 18.6 Å². The number of alkyl halides is 4. The SMILES string of the molecule is CN1CCN(C(=O)C[C@@H]2C[C@H]3CN(C(=O)C4(F)CCC4)C[C@H]3O2)CC1.O=C(O)C(F)(F)F. The third kappa shape index (κ3) is 5.69. The lowest BCUT2D eigenvalue weighted by atomic mass is 9.81. The van der Waals surface area contributed by atoms with Gasteiger partial charge in [0.15, 0.2) is 5.67 Å². The maximum atomic E-state index is 14.3. The number of ether oxygens (including phenoxy) is 1. The first-order valence-electron chi connectivity index (χ1n) is 10.8. The van der Waals surface area contributed by atoms with Crippen molar-refractivity contribution < 1.29 is 41.8 Å². The number of hydrogen-bond donors (Lipinski definition) is 1. The number of amides is 2. The number of piperazine rings is 1. The molecule has 4 aliphatic rings. The molecule has 2 amide bonds. The summed E-state index contributed by atoms with van der Waals surface area (Å²) in [4.78, 5) is 39.4. The van der Waals surface area contributed by atoms with Gasteiger partial charge in [0, 0.05) is 45.2 Å².